The first-order valence-corrected chi connectivity index (χ1v) is 7.25. The number of hydrogen-bond acceptors (Lipinski definition) is 5. The second-order valence-corrected chi connectivity index (χ2v) is 5.51. The van der Waals surface area contributed by atoms with Gasteiger partial charge in [-0.05, 0) is 37.7 Å². The van der Waals surface area contributed by atoms with Crippen LogP contribution in [0.25, 0.3) is 0 Å². The number of methoxy groups -OCH3 is 1. The fourth-order valence-corrected chi connectivity index (χ4v) is 2.95. The Balaban J connectivity index is 2.19. The van der Waals surface area contributed by atoms with Gasteiger partial charge in [0.1, 0.15) is 0 Å². The summed E-state index contributed by atoms with van der Waals surface area (Å²) in [7, 11) is 1.45. The van der Waals surface area contributed by atoms with Crippen molar-refractivity contribution in [3.8, 4) is 5.75 Å². The maximum absolute atomic E-state index is 11.0. The molecule has 1 aliphatic heterocycles. The molecule has 0 bridgehead atoms. The Morgan fingerprint density at radius 1 is 1.43 bits per heavy atom. The van der Waals surface area contributed by atoms with Crippen molar-refractivity contribution in [3.05, 3.63) is 27.8 Å². The van der Waals surface area contributed by atoms with Gasteiger partial charge in [0.05, 0.1) is 12.0 Å². The van der Waals surface area contributed by atoms with Crippen molar-refractivity contribution < 1.29 is 14.8 Å². The Bertz CT molecular complexity index is 511. The number of benzene rings is 1. The quantitative estimate of drug-likeness (QED) is 0.667. The molecule has 1 N–H and O–H groups in total. The molecule has 1 fully saturated rings. The first kappa shape index (κ1) is 15.6. The summed E-state index contributed by atoms with van der Waals surface area (Å²) in [5.41, 5.74) is 1.90. The SMILES string of the molecule is COc1cc(N2CCC(CCO)CC2)c(C)cc1[N+](=O)[O-]. The maximum atomic E-state index is 11.0. The van der Waals surface area contributed by atoms with Crippen molar-refractivity contribution in [2.45, 2.75) is 26.2 Å². The zero-order chi connectivity index (χ0) is 15.4. The van der Waals surface area contributed by atoms with Gasteiger partial charge in [0.2, 0.25) is 0 Å². The largest absolute Gasteiger partial charge is 0.490 e. The monoisotopic (exact) mass is 294 g/mol. The third-order valence-electron chi connectivity index (χ3n) is 4.19. The molecular weight excluding hydrogens is 272 g/mol. The highest BCUT2D eigenvalue weighted by Gasteiger charge is 2.23. The van der Waals surface area contributed by atoms with Crippen molar-refractivity contribution in [1.29, 1.82) is 0 Å². The molecule has 0 amide bonds. The fourth-order valence-electron chi connectivity index (χ4n) is 2.95. The number of rotatable bonds is 5. The highest BCUT2D eigenvalue weighted by Crippen LogP contribution is 2.36. The van der Waals surface area contributed by atoms with Gasteiger partial charge >= 0.3 is 5.69 Å². The molecule has 0 unspecified atom stereocenters. The predicted molar refractivity (Wildman–Crippen MR) is 81.0 cm³/mol. The number of aryl methyl sites for hydroxylation is 1. The molecule has 1 heterocycles. The Morgan fingerprint density at radius 3 is 2.62 bits per heavy atom. The molecule has 21 heavy (non-hydrogen) atoms. The molecule has 0 spiro atoms. The summed E-state index contributed by atoms with van der Waals surface area (Å²) in [6, 6.07) is 3.34. The van der Waals surface area contributed by atoms with E-state index in [2.05, 4.69) is 4.90 Å². The second kappa shape index (κ2) is 6.76. The van der Waals surface area contributed by atoms with E-state index in [-0.39, 0.29) is 12.3 Å². The minimum absolute atomic E-state index is 0.00826. The standard InChI is InChI=1S/C15H22N2O4/c1-11-9-14(17(19)20)15(21-2)10-13(11)16-6-3-12(4-7-16)5-8-18/h9-10,12,18H,3-8H2,1-2H3. The minimum Gasteiger partial charge on any atom is -0.490 e. The van der Waals surface area contributed by atoms with Crippen LogP contribution in [-0.2, 0) is 0 Å². The molecule has 1 aromatic carbocycles. The van der Waals surface area contributed by atoms with E-state index in [1.54, 1.807) is 12.1 Å². The molecule has 6 nitrogen and oxygen atoms in total. The first-order valence-electron chi connectivity index (χ1n) is 7.25. The number of ether oxygens (including phenoxy) is 1. The average molecular weight is 294 g/mol. The molecule has 0 saturated carbocycles. The molecule has 6 heteroatoms. The van der Waals surface area contributed by atoms with Crippen molar-refractivity contribution in [2.75, 3.05) is 31.7 Å². The third-order valence-corrected chi connectivity index (χ3v) is 4.19. The van der Waals surface area contributed by atoms with Crippen LogP contribution in [0.3, 0.4) is 0 Å². The van der Waals surface area contributed by atoms with Crippen LogP contribution in [0.5, 0.6) is 5.75 Å². The highest BCUT2D eigenvalue weighted by molar-refractivity contribution is 5.64. The first-order chi connectivity index (χ1) is 10.1. The Kier molecular flexibility index (Phi) is 5.01. The predicted octanol–water partition coefficient (Wildman–Crippen LogP) is 2.51. The number of nitro benzene ring substituents is 1. The van der Waals surface area contributed by atoms with E-state index in [4.69, 9.17) is 9.84 Å². The highest BCUT2D eigenvalue weighted by atomic mass is 16.6. The van der Waals surface area contributed by atoms with E-state index >= 15 is 0 Å². The Morgan fingerprint density at radius 2 is 2.10 bits per heavy atom. The molecule has 0 radical (unpaired) electrons. The van der Waals surface area contributed by atoms with Crippen molar-refractivity contribution in [2.24, 2.45) is 5.92 Å². The number of aliphatic hydroxyl groups excluding tert-OH is 1. The van der Waals surface area contributed by atoms with Crippen LogP contribution in [0.15, 0.2) is 12.1 Å². The number of hydrogen-bond donors (Lipinski definition) is 1. The van der Waals surface area contributed by atoms with Crippen LogP contribution in [0.2, 0.25) is 0 Å². The molecular formula is C15H22N2O4. The zero-order valence-electron chi connectivity index (χ0n) is 12.5. The molecule has 116 valence electrons. The van der Waals surface area contributed by atoms with E-state index in [0.717, 1.165) is 43.6 Å². The van der Waals surface area contributed by atoms with Gasteiger partial charge in [-0.25, -0.2) is 0 Å². The lowest BCUT2D eigenvalue weighted by molar-refractivity contribution is -0.385. The molecule has 2 rings (SSSR count). The zero-order valence-corrected chi connectivity index (χ0v) is 12.5. The second-order valence-electron chi connectivity index (χ2n) is 5.51. The van der Waals surface area contributed by atoms with Crippen LogP contribution in [0, 0.1) is 23.0 Å². The maximum Gasteiger partial charge on any atom is 0.311 e. The van der Waals surface area contributed by atoms with Gasteiger partial charge < -0.3 is 14.7 Å². The molecule has 0 aliphatic carbocycles. The van der Waals surface area contributed by atoms with E-state index in [1.165, 1.54) is 7.11 Å². The lowest BCUT2D eigenvalue weighted by Gasteiger charge is -2.34. The topological polar surface area (TPSA) is 75.8 Å². The van der Waals surface area contributed by atoms with Crippen LogP contribution >= 0.6 is 0 Å². The number of aliphatic hydroxyl groups is 1. The average Bonchev–Trinajstić information content (AvgIpc) is 2.48. The summed E-state index contributed by atoms with van der Waals surface area (Å²) >= 11 is 0. The summed E-state index contributed by atoms with van der Waals surface area (Å²) in [6.45, 7) is 3.95. The van der Waals surface area contributed by atoms with Gasteiger partial charge in [0.25, 0.3) is 0 Å². The summed E-state index contributed by atoms with van der Waals surface area (Å²) < 4.78 is 5.15. The summed E-state index contributed by atoms with van der Waals surface area (Å²) in [5, 5.41) is 20.0. The van der Waals surface area contributed by atoms with Gasteiger partial charge in [0, 0.05) is 37.5 Å². The Labute approximate surface area is 124 Å². The molecule has 1 saturated heterocycles. The van der Waals surface area contributed by atoms with Crippen LogP contribution in [-0.4, -0.2) is 36.8 Å². The molecule has 0 aromatic heterocycles. The summed E-state index contributed by atoms with van der Waals surface area (Å²) in [4.78, 5) is 12.9. The van der Waals surface area contributed by atoms with Crippen LogP contribution in [0.4, 0.5) is 11.4 Å². The normalized spacial score (nSPS) is 16.0. The number of piperidine rings is 1. The number of nitrogens with zero attached hydrogens (tertiary/aromatic N) is 2. The van der Waals surface area contributed by atoms with E-state index < -0.39 is 4.92 Å². The molecule has 0 atom stereocenters. The smallest absolute Gasteiger partial charge is 0.311 e. The van der Waals surface area contributed by atoms with Gasteiger partial charge in [-0.15, -0.1) is 0 Å². The summed E-state index contributed by atoms with van der Waals surface area (Å²) in [6.07, 6.45) is 2.94. The lowest BCUT2D eigenvalue weighted by Crippen LogP contribution is -2.34. The minimum atomic E-state index is -0.414. The van der Waals surface area contributed by atoms with Crippen LogP contribution in [0.1, 0.15) is 24.8 Å². The van der Waals surface area contributed by atoms with Gasteiger partial charge in [0.15, 0.2) is 5.75 Å². The summed E-state index contributed by atoms with van der Waals surface area (Å²) in [5.74, 6) is 0.879. The van der Waals surface area contributed by atoms with Gasteiger partial charge in [-0.3, -0.25) is 10.1 Å². The third kappa shape index (κ3) is 3.44. The van der Waals surface area contributed by atoms with E-state index in [0.29, 0.717) is 11.7 Å². The number of nitro groups is 1. The van der Waals surface area contributed by atoms with Gasteiger partial charge in [-0.1, -0.05) is 0 Å². The lowest BCUT2D eigenvalue weighted by atomic mass is 9.93. The van der Waals surface area contributed by atoms with Crippen LogP contribution < -0.4 is 9.64 Å². The van der Waals surface area contributed by atoms with Crippen molar-refractivity contribution in [3.63, 3.8) is 0 Å². The number of anilines is 1. The van der Waals surface area contributed by atoms with E-state index in [1.807, 2.05) is 6.92 Å². The molecule has 1 aliphatic rings. The Hall–Kier alpha value is -1.82. The van der Waals surface area contributed by atoms with Crippen molar-refractivity contribution in [1.82, 2.24) is 0 Å². The fraction of sp³-hybridized carbons (Fsp3) is 0.600. The van der Waals surface area contributed by atoms with Crippen molar-refractivity contribution >= 4 is 11.4 Å². The molecule has 1 aromatic rings. The van der Waals surface area contributed by atoms with E-state index in [9.17, 15) is 10.1 Å². The van der Waals surface area contributed by atoms with Gasteiger partial charge in [-0.2, -0.15) is 0 Å².